The molecular formula is C23H20F3N3O5S. The number of carbonyl (C=O) groups excluding carboxylic acids is 2. The molecule has 0 atom stereocenters. The van der Waals surface area contributed by atoms with Gasteiger partial charge >= 0.3 is 11.5 Å². The zero-order valence-corrected chi connectivity index (χ0v) is 19.1. The average Bonchev–Trinajstić information content (AvgIpc) is 2.83. The summed E-state index contributed by atoms with van der Waals surface area (Å²) in [5.41, 5.74) is -4.25. The number of nitrogens with one attached hydrogen (secondary N) is 2. The lowest BCUT2D eigenvalue weighted by atomic mass is 10.2. The van der Waals surface area contributed by atoms with Gasteiger partial charge < -0.3 is 15.4 Å². The number of amides is 2. The number of ether oxygens (including phenoxy) is 1. The van der Waals surface area contributed by atoms with E-state index in [4.69, 9.17) is 4.74 Å². The summed E-state index contributed by atoms with van der Waals surface area (Å²) in [6.45, 7) is 1.88. The average molecular weight is 507 g/mol. The van der Waals surface area contributed by atoms with Crippen molar-refractivity contribution in [2.45, 2.75) is 30.3 Å². The molecule has 0 aliphatic carbocycles. The third-order valence-corrected chi connectivity index (χ3v) is 6.18. The first-order valence-electron chi connectivity index (χ1n) is 10.2. The fraction of sp³-hybridized carbons (Fsp3) is 0.174. The van der Waals surface area contributed by atoms with Crippen LogP contribution in [0.4, 0.5) is 23.7 Å². The lowest BCUT2D eigenvalue weighted by Gasteiger charge is -2.11. The molecule has 0 unspecified atom stereocenters. The van der Waals surface area contributed by atoms with Crippen LogP contribution in [0.3, 0.4) is 0 Å². The number of hydrogen-bond acceptors (Lipinski definition) is 6. The highest BCUT2D eigenvalue weighted by molar-refractivity contribution is 7.92. The maximum atomic E-state index is 12.6. The molecule has 35 heavy (non-hydrogen) atoms. The molecule has 0 fully saturated rings. The number of ketones is 1. The van der Waals surface area contributed by atoms with Crippen molar-refractivity contribution in [2.75, 3.05) is 5.32 Å². The Bertz CT molecular complexity index is 1310. The Kier molecular flexibility index (Phi) is 7.75. The van der Waals surface area contributed by atoms with Gasteiger partial charge in [0.15, 0.2) is 5.78 Å². The second kappa shape index (κ2) is 10.6. The molecule has 0 saturated carbocycles. The van der Waals surface area contributed by atoms with E-state index in [0.29, 0.717) is 23.6 Å². The minimum atomic E-state index is -5.46. The van der Waals surface area contributed by atoms with Gasteiger partial charge in [-0.05, 0) is 48.0 Å². The number of benzene rings is 2. The third kappa shape index (κ3) is 6.57. The Balaban J connectivity index is 1.53. The van der Waals surface area contributed by atoms with E-state index >= 15 is 0 Å². The van der Waals surface area contributed by atoms with Crippen molar-refractivity contribution >= 4 is 27.3 Å². The summed E-state index contributed by atoms with van der Waals surface area (Å²) < 4.78 is 66.3. The fourth-order valence-corrected chi connectivity index (χ4v) is 3.59. The summed E-state index contributed by atoms with van der Waals surface area (Å²) in [7, 11) is -5.46. The molecular weight excluding hydrogens is 487 g/mol. The van der Waals surface area contributed by atoms with Gasteiger partial charge in [-0.25, -0.2) is 13.2 Å². The first kappa shape index (κ1) is 25.7. The van der Waals surface area contributed by atoms with Crippen LogP contribution < -0.4 is 15.4 Å². The molecule has 12 heteroatoms. The Morgan fingerprint density at radius 1 is 0.971 bits per heavy atom. The van der Waals surface area contributed by atoms with Crippen molar-refractivity contribution in [3.8, 4) is 11.5 Å². The first-order valence-corrected chi connectivity index (χ1v) is 11.7. The van der Waals surface area contributed by atoms with E-state index in [1.54, 1.807) is 43.3 Å². The smallest absolute Gasteiger partial charge is 0.457 e. The summed E-state index contributed by atoms with van der Waals surface area (Å²) in [6.07, 6.45) is 1.81. The molecule has 8 nitrogen and oxygen atoms in total. The maximum absolute atomic E-state index is 12.6. The summed E-state index contributed by atoms with van der Waals surface area (Å²) in [5, 5.41) is 4.99. The second-order valence-electron chi connectivity index (χ2n) is 7.18. The van der Waals surface area contributed by atoms with Gasteiger partial charge in [-0.1, -0.05) is 19.1 Å². The topological polar surface area (TPSA) is 114 Å². The molecule has 2 aromatic carbocycles. The monoisotopic (exact) mass is 507 g/mol. The van der Waals surface area contributed by atoms with Gasteiger partial charge in [0.25, 0.3) is 9.84 Å². The number of Topliss-reactive ketones (excluding diaryl/α,β-unsaturated/α-hetero) is 1. The summed E-state index contributed by atoms with van der Waals surface area (Å²) in [5.74, 6) is 0.863. The van der Waals surface area contributed by atoms with E-state index in [0.717, 1.165) is 29.8 Å². The molecule has 3 rings (SSSR count). The van der Waals surface area contributed by atoms with Crippen molar-refractivity contribution in [1.29, 1.82) is 0 Å². The molecule has 1 aromatic heterocycles. The number of anilines is 1. The van der Waals surface area contributed by atoms with Crippen molar-refractivity contribution < 1.29 is 35.9 Å². The van der Waals surface area contributed by atoms with E-state index in [9.17, 15) is 31.2 Å². The number of urea groups is 1. The molecule has 2 N–H and O–H groups in total. The van der Waals surface area contributed by atoms with Gasteiger partial charge in [-0.15, -0.1) is 0 Å². The van der Waals surface area contributed by atoms with Crippen molar-refractivity contribution in [3.63, 3.8) is 0 Å². The van der Waals surface area contributed by atoms with Gasteiger partial charge in [-0.3, -0.25) is 9.78 Å². The summed E-state index contributed by atoms with van der Waals surface area (Å²) in [6, 6.07) is 13.0. The predicted molar refractivity (Wildman–Crippen MR) is 121 cm³/mol. The number of halogens is 3. The fourth-order valence-electron chi connectivity index (χ4n) is 2.83. The van der Waals surface area contributed by atoms with Crippen molar-refractivity contribution in [2.24, 2.45) is 0 Å². The van der Waals surface area contributed by atoms with Crippen LogP contribution >= 0.6 is 0 Å². The standard InChI is InChI=1S/C23H20F3N3O5S/c1-2-21(30)20-13-18(11-12-27-20)34-17-7-3-15(4-8-17)14-28-22(31)29-16-5-9-19(10-6-16)35(32,33)23(24,25)26/h3-13H,2,14H2,1H3,(H2,28,29,31). The Labute approximate surface area is 199 Å². The number of alkyl halides is 3. The lowest BCUT2D eigenvalue weighted by molar-refractivity contribution is -0.0436. The minimum Gasteiger partial charge on any atom is -0.457 e. The molecule has 0 radical (unpaired) electrons. The number of nitrogens with zero attached hydrogens (tertiary/aromatic N) is 1. The van der Waals surface area contributed by atoms with E-state index in [2.05, 4.69) is 15.6 Å². The largest absolute Gasteiger partial charge is 0.501 e. The molecule has 0 aliphatic rings. The van der Waals surface area contributed by atoms with Crippen LogP contribution in [0.1, 0.15) is 29.4 Å². The highest BCUT2D eigenvalue weighted by Gasteiger charge is 2.46. The molecule has 0 saturated heterocycles. The zero-order chi connectivity index (χ0) is 25.6. The quantitative estimate of drug-likeness (QED) is 0.411. The van der Waals surface area contributed by atoms with Gasteiger partial charge in [0.1, 0.15) is 17.2 Å². The highest BCUT2D eigenvalue weighted by Crippen LogP contribution is 2.30. The van der Waals surface area contributed by atoms with Crippen LogP contribution in [0.2, 0.25) is 0 Å². The molecule has 0 aliphatic heterocycles. The number of aromatic nitrogens is 1. The number of pyridine rings is 1. The van der Waals surface area contributed by atoms with Crippen LogP contribution in [0, 0.1) is 0 Å². The normalized spacial score (nSPS) is 11.5. The van der Waals surface area contributed by atoms with Gasteiger partial charge in [0.2, 0.25) is 0 Å². The van der Waals surface area contributed by atoms with E-state index < -0.39 is 26.3 Å². The summed E-state index contributed by atoms with van der Waals surface area (Å²) in [4.78, 5) is 26.9. The first-order chi connectivity index (χ1) is 16.5. The van der Waals surface area contributed by atoms with Crippen LogP contribution in [0.15, 0.2) is 71.8 Å². The van der Waals surface area contributed by atoms with Crippen LogP contribution in [0.25, 0.3) is 0 Å². The zero-order valence-electron chi connectivity index (χ0n) is 18.3. The van der Waals surface area contributed by atoms with Crippen LogP contribution in [0.5, 0.6) is 11.5 Å². The highest BCUT2D eigenvalue weighted by atomic mass is 32.2. The van der Waals surface area contributed by atoms with Crippen molar-refractivity contribution in [3.05, 3.63) is 78.1 Å². The van der Waals surface area contributed by atoms with Crippen molar-refractivity contribution in [1.82, 2.24) is 10.3 Å². The molecule has 184 valence electrons. The minimum absolute atomic E-state index is 0.0996. The van der Waals surface area contributed by atoms with Gasteiger partial charge in [0.05, 0.1) is 4.90 Å². The van der Waals surface area contributed by atoms with E-state index in [1.165, 1.54) is 6.20 Å². The van der Waals surface area contributed by atoms with Crippen LogP contribution in [-0.4, -0.2) is 30.7 Å². The summed E-state index contributed by atoms with van der Waals surface area (Å²) >= 11 is 0. The molecule has 2 amide bonds. The Morgan fingerprint density at radius 3 is 2.23 bits per heavy atom. The second-order valence-corrected chi connectivity index (χ2v) is 9.12. The number of rotatable bonds is 8. The van der Waals surface area contributed by atoms with Gasteiger partial charge in [-0.2, -0.15) is 13.2 Å². The Hall–Kier alpha value is -3.93. The number of sulfone groups is 1. The molecule has 3 aromatic rings. The maximum Gasteiger partial charge on any atom is 0.501 e. The van der Waals surface area contributed by atoms with E-state index in [-0.39, 0.29) is 18.0 Å². The third-order valence-electron chi connectivity index (χ3n) is 4.68. The lowest BCUT2D eigenvalue weighted by Crippen LogP contribution is -2.28. The molecule has 0 bridgehead atoms. The predicted octanol–water partition coefficient (Wildman–Crippen LogP) is 5.08. The number of hydrogen-bond donors (Lipinski definition) is 2. The van der Waals surface area contributed by atoms with Crippen LogP contribution in [-0.2, 0) is 16.4 Å². The van der Waals surface area contributed by atoms with Gasteiger partial charge in [0, 0.05) is 30.9 Å². The molecule has 0 spiro atoms. The van der Waals surface area contributed by atoms with E-state index in [1.807, 2.05) is 0 Å². The molecule has 1 heterocycles. The number of carbonyl (C=O) groups is 2. The SMILES string of the molecule is CCC(=O)c1cc(Oc2ccc(CNC(=O)Nc3ccc(S(=O)(=O)C(F)(F)F)cc3)cc2)ccn1. The Morgan fingerprint density at radius 2 is 1.63 bits per heavy atom.